The SMILES string of the molecule is C1CCC2CCCC(C3CCCC3)CC2CC1. The topological polar surface area (TPSA) is 0 Å². The molecule has 0 bridgehead atoms. The molecule has 3 rings (SSSR count). The molecule has 0 N–H and O–H groups in total. The Bertz CT molecular complexity index is 226. The van der Waals surface area contributed by atoms with Crippen LogP contribution >= 0.6 is 0 Å². The van der Waals surface area contributed by atoms with Crippen molar-refractivity contribution in [1.29, 1.82) is 0 Å². The molecule has 3 atom stereocenters. The van der Waals surface area contributed by atoms with E-state index in [0.29, 0.717) is 0 Å². The molecular formula is C17H30. The van der Waals surface area contributed by atoms with Gasteiger partial charge in [-0.2, -0.15) is 0 Å². The van der Waals surface area contributed by atoms with Crippen LogP contribution in [0.15, 0.2) is 0 Å². The minimum atomic E-state index is 1.13. The van der Waals surface area contributed by atoms with Crippen molar-refractivity contribution in [3.8, 4) is 0 Å². The van der Waals surface area contributed by atoms with Crippen LogP contribution in [0, 0.1) is 23.7 Å². The quantitative estimate of drug-likeness (QED) is 0.557. The predicted molar refractivity (Wildman–Crippen MR) is 74.0 cm³/mol. The second-order valence-electron chi connectivity index (χ2n) is 7.13. The van der Waals surface area contributed by atoms with Crippen LogP contribution in [-0.4, -0.2) is 0 Å². The van der Waals surface area contributed by atoms with E-state index in [2.05, 4.69) is 0 Å². The van der Waals surface area contributed by atoms with Gasteiger partial charge in [0.2, 0.25) is 0 Å². The highest BCUT2D eigenvalue weighted by atomic mass is 14.4. The van der Waals surface area contributed by atoms with Gasteiger partial charge in [0.25, 0.3) is 0 Å². The molecule has 0 aromatic heterocycles. The summed E-state index contributed by atoms with van der Waals surface area (Å²) in [7, 11) is 0. The molecule has 3 unspecified atom stereocenters. The highest BCUT2D eigenvalue weighted by Crippen LogP contribution is 2.45. The Balaban J connectivity index is 1.64. The van der Waals surface area contributed by atoms with E-state index in [1.807, 2.05) is 0 Å². The molecule has 3 fully saturated rings. The van der Waals surface area contributed by atoms with Crippen LogP contribution in [0.2, 0.25) is 0 Å². The monoisotopic (exact) mass is 234 g/mol. The second kappa shape index (κ2) is 5.76. The maximum absolute atomic E-state index is 1.62. The summed E-state index contributed by atoms with van der Waals surface area (Å²) in [4.78, 5) is 0. The summed E-state index contributed by atoms with van der Waals surface area (Å²) in [5, 5.41) is 0. The summed E-state index contributed by atoms with van der Waals surface area (Å²) in [5.41, 5.74) is 0. The van der Waals surface area contributed by atoms with Crippen molar-refractivity contribution in [3.63, 3.8) is 0 Å². The van der Waals surface area contributed by atoms with E-state index in [0.717, 1.165) is 23.7 Å². The maximum Gasteiger partial charge on any atom is -0.0383 e. The Hall–Kier alpha value is 0. The Morgan fingerprint density at radius 3 is 1.41 bits per heavy atom. The van der Waals surface area contributed by atoms with E-state index in [1.165, 1.54) is 25.7 Å². The average molecular weight is 234 g/mol. The van der Waals surface area contributed by atoms with Crippen LogP contribution in [0.5, 0.6) is 0 Å². The van der Waals surface area contributed by atoms with Crippen molar-refractivity contribution >= 4 is 0 Å². The lowest BCUT2D eigenvalue weighted by atomic mass is 9.78. The van der Waals surface area contributed by atoms with E-state index in [9.17, 15) is 0 Å². The van der Waals surface area contributed by atoms with Crippen LogP contribution in [-0.2, 0) is 0 Å². The van der Waals surface area contributed by atoms with Crippen LogP contribution < -0.4 is 0 Å². The molecule has 3 aliphatic carbocycles. The lowest BCUT2D eigenvalue weighted by molar-refractivity contribution is 0.229. The molecule has 98 valence electrons. The van der Waals surface area contributed by atoms with Gasteiger partial charge in [-0.3, -0.25) is 0 Å². The molecule has 3 saturated carbocycles. The van der Waals surface area contributed by atoms with E-state index in [4.69, 9.17) is 0 Å². The third kappa shape index (κ3) is 2.88. The Kier molecular flexibility index (Phi) is 4.08. The molecule has 0 aromatic carbocycles. The van der Waals surface area contributed by atoms with Gasteiger partial charge in [-0.15, -0.1) is 0 Å². The van der Waals surface area contributed by atoms with E-state index in [1.54, 1.807) is 57.8 Å². The van der Waals surface area contributed by atoms with Crippen LogP contribution in [0.3, 0.4) is 0 Å². The zero-order valence-electron chi connectivity index (χ0n) is 11.5. The third-order valence-corrected chi connectivity index (χ3v) is 6.14. The van der Waals surface area contributed by atoms with Crippen LogP contribution in [0.25, 0.3) is 0 Å². The van der Waals surface area contributed by atoms with Gasteiger partial charge in [-0.05, 0) is 30.1 Å². The normalized spacial score (nSPS) is 40.6. The first kappa shape index (κ1) is 12.1. The smallest absolute Gasteiger partial charge is 0.0383 e. The second-order valence-corrected chi connectivity index (χ2v) is 7.13. The third-order valence-electron chi connectivity index (χ3n) is 6.14. The van der Waals surface area contributed by atoms with Crippen molar-refractivity contribution in [1.82, 2.24) is 0 Å². The molecule has 0 aliphatic heterocycles. The van der Waals surface area contributed by atoms with Gasteiger partial charge in [0.1, 0.15) is 0 Å². The lowest BCUT2D eigenvalue weighted by Crippen LogP contribution is -2.18. The maximum atomic E-state index is 1.62. The molecule has 0 heterocycles. The molecule has 0 amide bonds. The predicted octanol–water partition coefficient (Wildman–Crippen LogP) is 5.56. The minimum absolute atomic E-state index is 1.13. The van der Waals surface area contributed by atoms with Crippen molar-refractivity contribution in [2.75, 3.05) is 0 Å². The van der Waals surface area contributed by atoms with Gasteiger partial charge in [0.05, 0.1) is 0 Å². The van der Waals surface area contributed by atoms with Gasteiger partial charge >= 0.3 is 0 Å². The number of hydrogen-bond donors (Lipinski definition) is 0. The summed E-state index contributed by atoms with van der Waals surface area (Å²) in [6, 6.07) is 0. The summed E-state index contributed by atoms with van der Waals surface area (Å²) < 4.78 is 0. The van der Waals surface area contributed by atoms with E-state index < -0.39 is 0 Å². The van der Waals surface area contributed by atoms with E-state index in [-0.39, 0.29) is 0 Å². The molecule has 0 radical (unpaired) electrons. The Morgan fingerprint density at radius 2 is 0.765 bits per heavy atom. The first-order chi connectivity index (χ1) is 8.43. The fraction of sp³-hybridized carbons (Fsp3) is 1.00. The number of fused-ring (bicyclic) bond motifs is 1. The van der Waals surface area contributed by atoms with Crippen molar-refractivity contribution < 1.29 is 0 Å². The van der Waals surface area contributed by atoms with Gasteiger partial charge in [-0.25, -0.2) is 0 Å². The molecule has 0 aromatic rings. The van der Waals surface area contributed by atoms with Gasteiger partial charge in [0.15, 0.2) is 0 Å². The van der Waals surface area contributed by atoms with Gasteiger partial charge in [0, 0.05) is 0 Å². The summed E-state index contributed by atoms with van der Waals surface area (Å²) in [5.74, 6) is 4.53. The van der Waals surface area contributed by atoms with Gasteiger partial charge in [-0.1, -0.05) is 77.0 Å². The number of rotatable bonds is 1. The van der Waals surface area contributed by atoms with Crippen molar-refractivity contribution in [3.05, 3.63) is 0 Å². The highest BCUT2D eigenvalue weighted by molar-refractivity contribution is 4.84. The fourth-order valence-corrected chi connectivity index (χ4v) is 5.16. The summed E-state index contributed by atoms with van der Waals surface area (Å²) in [6.45, 7) is 0. The van der Waals surface area contributed by atoms with Crippen LogP contribution in [0.1, 0.15) is 83.5 Å². The largest absolute Gasteiger partial charge is 0.0533 e. The molecule has 0 saturated heterocycles. The van der Waals surface area contributed by atoms with E-state index >= 15 is 0 Å². The summed E-state index contributed by atoms with van der Waals surface area (Å²) >= 11 is 0. The molecule has 0 heteroatoms. The Morgan fingerprint density at radius 1 is 0.353 bits per heavy atom. The lowest BCUT2D eigenvalue weighted by Gasteiger charge is -2.27. The Labute approximate surface area is 108 Å². The molecule has 0 spiro atoms. The molecule has 0 nitrogen and oxygen atoms in total. The molecular weight excluding hydrogens is 204 g/mol. The molecule has 17 heavy (non-hydrogen) atoms. The van der Waals surface area contributed by atoms with Crippen molar-refractivity contribution in [2.24, 2.45) is 23.7 Å². The minimum Gasteiger partial charge on any atom is -0.0533 e. The number of hydrogen-bond acceptors (Lipinski definition) is 0. The molecule has 3 aliphatic rings. The van der Waals surface area contributed by atoms with Crippen molar-refractivity contribution in [2.45, 2.75) is 83.5 Å². The summed E-state index contributed by atoms with van der Waals surface area (Å²) in [6.07, 6.45) is 20.3. The van der Waals surface area contributed by atoms with Crippen LogP contribution in [0.4, 0.5) is 0 Å². The first-order valence-electron chi connectivity index (χ1n) is 8.43. The average Bonchev–Trinajstić information content (AvgIpc) is 2.68. The zero-order valence-corrected chi connectivity index (χ0v) is 11.5. The zero-order chi connectivity index (χ0) is 11.5. The highest BCUT2D eigenvalue weighted by Gasteiger charge is 2.33. The van der Waals surface area contributed by atoms with Gasteiger partial charge < -0.3 is 0 Å². The standard InChI is InChI=1S/C17H30/c1-2-7-15-11-6-12-17(13-16(15)10-3-1)14-8-4-5-9-14/h14-17H,1-13H2. The first-order valence-corrected chi connectivity index (χ1v) is 8.43. The fourth-order valence-electron chi connectivity index (χ4n) is 5.16.